The summed E-state index contributed by atoms with van der Waals surface area (Å²) in [6.45, 7) is 0. The second-order valence-electron chi connectivity index (χ2n) is 3.06. The van der Waals surface area contributed by atoms with Crippen LogP contribution in [0.5, 0.6) is 0 Å². The van der Waals surface area contributed by atoms with Gasteiger partial charge in [0, 0.05) is 6.20 Å². The van der Waals surface area contributed by atoms with Gasteiger partial charge in [0.2, 0.25) is 0 Å². The van der Waals surface area contributed by atoms with Crippen molar-refractivity contribution in [3.05, 3.63) is 23.0 Å². The molecule has 4 N–H and O–H groups in total. The highest BCUT2D eigenvalue weighted by molar-refractivity contribution is 6.31. The number of nitrogens with zero attached hydrogens (tertiary/aromatic N) is 1. The molecule has 0 aliphatic heterocycles. The van der Waals surface area contributed by atoms with E-state index < -0.39 is 12.0 Å². The molecule has 0 bridgehead atoms. The first kappa shape index (κ1) is 11.7. The highest BCUT2D eigenvalue weighted by atomic mass is 35.5. The van der Waals surface area contributed by atoms with Crippen LogP contribution >= 0.6 is 11.6 Å². The number of anilines is 1. The Bertz CT molecular complexity index is 370. The Morgan fingerprint density at radius 3 is 2.93 bits per heavy atom. The third-order valence-corrected chi connectivity index (χ3v) is 2.20. The normalized spacial score (nSPS) is 12.2. The average molecular weight is 230 g/mol. The van der Waals surface area contributed by atoms with Crippen LogP contribution in [0.2, 0.25) is 5.15 Å². The van der Waals surface area contributed by atoms with Crippen molar-refractivity contribution in [3.63, 3.8) is 0 Å². The standard InChI is InChI=1S/C9H12ClN3O2/c1-15-9(14)7(12)3-5-2-6(11)8(10)13-4-5/h2,4,7H,3,11-12H2,1H3/t7-/m0/s1. The lowest BCUT2D eigenvalue weighted by molar-refractivity contribution is -0.142. The molecule has 0 unspecified atom stereocenters. The maximum Gasteiger partial charge on any atom is 0.322 e. The van der Waals surface area contributed by atoms with Crippen LogP contribution in [0, 0.1) is 0 Å². The van der Waals surface area contributed by atoms with E-state index in [0.717, 1.165) is 5.56 Å². The number of nitrogens with two attached hydrogens (primary N) is 2. The highest BCUT2D eigenvalue weighted by Gasteiger charge is 2.14. The molecule has 82 valence electrons. The van der Waals surface area contributed by atoms with E-state index in [1.165, 1.54) is 13.3 Å². The van der Waals surface area contributed by atoms with Crippen LogP contribution < -0.4 is 11.5 Å². The number of halogens is 1. The molecular weight excluding hydrogens is 218 g/mol. The number of ether oxygens (including phenoxy) is 1. The third kappa shape index (κ3) is 3.07. The van der Waals surface area contributed by atoms with Crippen molar-refractivity contribution in [2.45, 2.75) is 12.5 Å². The predicted octanol–water partition coefficient (Wildman–Crippen LogP) is 0.360. The first-order valence-corrected chi connectivity index (χ1v) is 4.65. The molecule has 0 aliphatic carbocycles. The Morgan fingerprint density at radius 2 is 2.40 bits per heavy atom. The number of carbonyl (C=O) groups excluding carboxylic acids is 1. The first-order chi connectivity index (χ1) is 7.04. The fraction of sp³-hybridized carbons (Fsp3) is 0.333. The quantitative estimate of drug-likeness (QED) is 0.577. The summed E-state index contributed by atoms with van der Waals surface area (Å²) < 4.78 is 4.50. The van der Waals surface area contributed by atoms with Gasteiger partial charge in [-0.25, -0.2) is 4.98 Å². The third-order valence-electron chi connectivity index (χ3n) is 1.88. The van der Waals surface area contributed by atoms with Crippen LogP contribution in [0.25, 0.3) is 0 Å². The summed E-state index contributed by atoms with van der Waals surface area (Å²) in [5.74, 6) is -0.469. The number of aromatic nitrogens is 1. The summed E-state index contributed by atoms with van der Waals surface area (Å²) in [5, 5.41) is 0.241. The van der Waals surface area contributed by atoms with E-state index in [2.05, 4.69) is 9.72 Å². The molecule has 0 spiro atoms. The van der Waals surface area contributed by atoms with Crippen LogP contribution in [0.3, 0.4) is 0 Å². The largest absolute Gasteiger partial charge is 0.468 e. The minimum atomic E-state index is -0.711. The molecule has 5 nitrogen and oxygen atoms in total. The molecular formula is C9H12ClN3O2. The molecule has 1 heterocycles. The molecule has 0 aliphatic rings. The van der Waals surface area contributed by atoms with Crippen LogP contribution in [0.4, 0.5) is 5.69 Å². The lowest BCUT2D eigenvalue weighted by Crippen LogP contribution is -2.33. The van der Waals surface area contributed by atoms with Gasteiger partial charge in [-0.3, -0.25) is 4.79 Å². The van der Waals surface area contributed by atoms with Gasteiger partial charge < -0.3 is 16.2 Å². The van der Waals surface area contributed by atoms with Gasteiger partial charge in [0.1, 0.15) is 6.04 Å². The highest BCUT2D eigenvalue weighted by Crippen LogP contribution is 2.16. The van der Waals surface area contributed by atoms with Gasteiger partial charge in [-0.05, 0) is 18.1 Å². The molecule has 0 amide bonds. The van der Waals surface area contributed by atoms with Gasteiger partial charge in [-0.2, -0.15) is 0 Å². The number of nitrogen functional groups attached to an aromatic ring is 1. The number of hydrogen-bond donors (Lipinski definition) is 2. The topological polar surface area (TPSA) is 91.2 Å². The number of hydrogen-bond acceptors (Lipinski definition) is 5. The maximum absolute atomic E-state index is 11.0. The van der Waals surface area contributed by atoms with Crippen molar-refractivity contribution in [2.75, 3.05) is 12.8 Å². The first-order valence-electron chi connectivity index (χ1n) is 4.28. The zero-order valence-electron chi connectivity index (χ0n) is 8.24. The lowest BCUT2D eigenvalue weighted by atomic mass is 10.1. The lowest BCUT2D eigenvalue weighted by Gasteiger charge is -2.09. The summed E-state index contributed by atoms with van der Waals surface area (Å²) in [6, 6.07) is 0.926. The Kier molecular flexibility index (Phi) is 3.88. The van der Waals surface area contributed by atoms with E-state index in [4.69, 9.17) is 23.1 Å². The van der Waals surface area contributed by atoms with Crippen molar-refractivity contribution in [3.8, 4) is 0 Å². The van der Waals surface area contributed by atoms with Crippen molar-refractivity contribution in [2.24, 2.45) is 5.73 Å². The molecule has 0 saturated carbocycles. The second-order valence-corrected chi connectivity index (χ2v) is 3.42. The average Bonchev–Trinajstić information content (AvgIpc) is 2.22. The molecule has 0 saturated heterocycles. The summed E-state index contributed by atoms with van der Waals surface area (Å²) in [7, 11) is 1.29. The molecule has 1 atom stereocenters. The minimum Gasteiger partial charge on any atom is -0.468 e. The molecule has 6 heteroatoms. The smallest absolute Gasteiger partial charge is 0.322 e. The van der Waals surface area contributed by atoms with E-state index in [1.54, 1.807) is 6.07 Å². The van der Waals surface area contributed by atoms with E-state index >= 15 is 0 Å². The van der Waals surface area contributed by atoms with E-state index in [9.17, 15) is 4.79 Å². The van der Waals surface area contributed by atoms with Gasteiger partial charge in [0.25, 0.3) is 0 Å². The van der Waals surface area contributed by atoms with E-state index in [1.807, 2.05) is 0 Å². The fourth-order valence-electron chi connectivity index (χ4n) is 1.11. The van der Waals surface area contributed by atoms with Gasteiger partial charge >= 0.3 is 5.97 Å². The summed E-state index contributed by atoms with van der Waals surface area (Å²) in [6.07, 6.45) is 1.85. The Morgan fingerprint density at radius 1 is 1.73 bits per heavy atom. The van der Waals surface area contributed by atoms with Crippen LogP contribution in [-0.2, 0) is 16.0 Å². The zero-order chi connectivity index (χ0) is 11.4. The Hall–Kier alpha value is -1.33. The Labute approximate surface area is 92.4 Å². The summed E-state index contributed by atoms with van der Waals surface area (Å²) >= 11 is 5.65. The van der Waals surface area contributed by atoms with Crippen LogP contribution in [-0.4, -0.2) is 24.1 Å². The molecule has 0 aromatic carbocycles. The van der Waals surface area contributed by atoms with Crippen molar-refractivity contribution in [1.29, 1.82) is 0 Å². The number of esters is 1. The second kappa shape index (κ2) is 4.95. The zero-order valence-corrected chi connectivity index (χ0v) is 8.99. The van der Waals surface area contributed by atoms with Crippen LogP contribution in [0.1, 0.15) is 5.56 Å². The molecule has 15 heavy (non-hydrogen) atoms. The predicted molar refractivity (Wildman–Crippen MR) is 57.4 cm³/mol. The minimum absolute atomic E-state index is 0.241. The SMILES string of the molecule is COC(=O)[C@@H](N)Cc1cnc(Cl)c(N)c1. The number of rotatable bonds is 3. The van der Waals surface area contributed by atoms with Crippen molar-refractivity contribution in [1.82, 2.24) is 4.98 Å². The number of carbonyl (C=O) groups is 1. The summed E-state index contributed by atoms with van der Waals surface area (Å²) in [4.78, 5) is 14.9. The number of pyridine rings is 1. The van der Waals surface area contributed by atoms with Gasteiger partial charge in [0.15, 0.2) is 5.15 Å². The van der Waals surface area contributed by atoms with Crippen molar-refractivity contribution >= 4 is 23.3 Å². The molecule has 0 radical (unpaired) electrons. The van der Waals surface area contributed by atoms with Gasteiger partial charge in [-0.15, -0.1) is 0 Å². The van der Waals surface area contributed by atoms with Crippen molar-refractivity contribution < 1.29 is 9.53 Å². The van der Waals surface area contributed by atoms with Gasteiger partial charge in [-0.1, -0.05) is 11.6 Å². The van der Waals surface area contributed by atoms with Crippen LogP contribution in [0.15, 0.2) is 12.3 Å². The maximum atomic E-state index is 11.0. The van der Waals surface area contributed by atoms with E-state index in [0.29, 0.717) is 12.1 Å². The van der Waals surface area contributed by atoms with E-state index in [-0.39, 0.29) is 5.15 Å². The molecule has 1 rings (SSSR count). The number of methoxy groups -OCH3 is 1. The molecule has 0 fully saturated rings. The molecule has 1 aromatic heterocycles. The molecule has 1 aromatic rings. The summed E-state index contributed by atoms with van der Waals surface area (Å²) in [5.41, 5.74) is 12.2. The Balaban J connectivity index is 2.73. The monoisotopic (exact) mass is 229 g/mol. The van der Waals surface area contributed by atoms with Gasteiger partial charge in [0.05, 0.1) is 12.8 Å². The fourth-order valence-corrected chi connectivity index (χ4v) is 1.21.